The van der Waals surface area contributed by atoms with Gasteiger partial charge in [0.1, 0.15) is 0 Å². The monoisotopic (exact) mass is 314 g/mol. The molecule has 0 aliphatic rings. The van der Waals surface area contributed by atoms with E-state index in [1.807, 2.05) is 19.0 Å². The van der Waals surface area contributed by atoms with Gasteiger partial charge in [-0.05, 0) is 38.4 Å². The lowest BCUT2D eigenvalue weighted by molar-refractivity contribution is -0.136. The zero-order valence-electron chi connectivity index (χ0n) is 11.8. The van der Waals surface area contributed by atoms with E-state index >= 15 is 0 Å². The van der Waals surface area contributed by atoms with Gasteiger partial charge in [-0.25, -0.2) is 13.6 Å². The number of nitrogens with two attached hydrogens (primary N) is 1. The van der Waals surface area contributed by atoms with Crippen LogP contribution in [0.1, 0.15) is 0 Å². The van der Waals surface area contributed by atoms with Crippen LogP contribution in [0.3, 0.4) is 0 Å². The molecule has 1 aromatic rings. The number of hydrogen-bond donors (Lipinski definition) is 3. The minimum Gasteiger partial charge on any atom is -0.347 e. The highest BCUT2D eigenvalue weighted by molar-refractivity contribution is 7.89. The molecule has 9 heteroatoms. The van der Waals surface area contributed by atoms with Crippen LogP contribution in [0.5, 0.6) is 0 Å². The summed E-state index contributed by atoms with van der Waals surface area (Å²) in [7, 11) is -0.0882. The Morgan fingerprint density at radius 2 is 1.71 bits per heavy atom. The Labute approximate surface area is 123 Å². The second kappa shape index (κ2) is 7.16. The highest BCUT2D eigenvalue weighted by Gasteiger charge is 2.14. The molecule has 8 nitrogen and oxygen atoms in total. The fourth-order valence-electron chi connectivity index (χ4n) is 1.39. The summed E-state index contributed by atoms with van der Waals surface area (Å²) in [5, 5.41) is 9.77. The molecule has 4 N–H and O–H groups in total. The quantitative estimate of drug-likeness (QED) is 0.599. The van der Waals surface area contributed by atoms with Crippen molar-refractivity contribution >= 4 is 27.5 Å². The molecule has 116 valence electrons. The first kappa shape index (κ1) is 17.1. The third-order valence-corrected chi connectivity index (χ3v) is 3.42. The summed E-state index contributed by atoms with van der Waals surface area (Å²) >= 11 is 0. The number of sulfonamides is 1. The van der Waals surface area contributed by atoms with Crippen LogP contribution in [-0.4, -0.2) is 52.3 Å². The summed E-state index contributed by atoms with van der Waals surface area (Å²) in [6.07, 6.45) is 0. The van der Waals surface area contributed by atoms with Gasteiger partial charge in [0, 0.05) is 18.8 Å². The van der Waals surface area contributed by atoms with Crippen molar-refractivity contribution in [1.29, 1.82) is 0 Å². The summed E-state index contributed by atoms with van der Waals surface area (Å²) in [4.78, 5) is 24.9. The number of likely N-dealkylation sites (N-methyl/N-ethyl adjacent to an activating group) is 1. The summed E-state index contributed by atoms with van der Waals surface area (Å²) in [5.74, 6) is -1.58. The number of nitrogens with zero attached hydrogens (tertiary/aromatic N) is 1. The van der Waals surface area contributed by atoms with Gasteiger partial charge in [-0.2, -0.15) is 0 Å². The molecule has 0 saturated heterocycles. The topological polar surface area (TPSA) is 122 Å². The molecule has 0 radical (unpaired) electrons. The van der Waals surface area contributed by atoms with Crippen molar-refractivity contribution in [3.63, 3.8) is 0 Å². The van der Waals surface area contributed by atoms with Gasteiger partial charge in [0.25, 0.3) is 0 Å². The van der Waals surface area contributed by atoms with Gasteiger partial charge < -0.3 is 15.5 Å². The normalized spacial score (nSPS) is 11.2. The van der Waals surface area contributed by atoms with E-state index in [2.05, 4.69) is 10.6 Å². The van der Waals surface area contributed by atoms with Crippen molar-refractivity contribution in [3.05, 3.63) is 24.3 Å². The van der Waals surface area contributed by atoms with Gasteiger partial charge in [0.2, 0.25) is 10.0 Å². The van der Waals surface area contributed by atoms with E-state index < -0.39 is 21.8 Å². The van der Waals surface area contributed by atoms with Crippen LogP contribution in [0, 0.1) is 0 Å². The molecule has 0 heterocycles. The average molecular weight is 314 g/mol. The zero-order chi connectivity index (χ0) is 16.0. The molecular formula is C12H18N4O4S. The maximum Gasteiger partial charge on any atom is 0.313 e. The van der Waals surface area contributed by atoms with Crippen LogP contribution >= 0.6 is 0 Å². The van der Waals surface area contributed by atoms with Crippen molar-refractivity contribution in [3.8, 4) is 0 Å². The molecule has 1 rings (SSSR count). The number of benzene rings is 1. The molecule has 0 saturated carbocycles. The van der Waals surface area contributed by atoms with Gasteiger partial charge >= 0.3 is 11.8 Å². The summed E-state index contributed by atoms with van der Waals surface area (Å²) in [6.45, 7) is 0.964. The number of carbonyl (C=O) groups is 2. The summed E-state index contributed by atoms with van der Waals surface area (Å²) in [6, 6.07) is 5.19. The number of hydrogen-bond acceptors (Lipinski definition) is 5. The second-order valence-corrected chi connectivity index (χ2v) is 6.14. The molecule has 21 heavy (non-hydrogen) atoms. The van der Waals surface area contributed by atoms with Crippen molar-refractivity contribution in [2.24, 2.45) is 5.14 Å². The lowest BCUT2D eigenvalue weighted by Gasteiger charge is -2.10. The van der Waals surface area contributed by atoms with Crippen LogP contribution < -0.4 is 15.8 Å². The number of nitrogens with one attached hydrogen (secondary N) is 2. The molecule has 2 amide bonds. The minimum absolute atomic E-state index is 0.0732. The number of anilines is 1. The molecule has 0 bridgehead atoms. The summed E-state index contributed by atoms with van der Waals surface area (Å²) in [5.41, 5.74) is 0.301. The first-order valence-corrected chi connectivity index (χ1v) is 7.61. The minimum atomic E-state index is -3.78. The van der Waals surface area contributed by atoms with E-state index in [1.165, 1.54) is 24.3 Å². The van der Waals surface area contributed by atoms with Gasteiger partial charge in [0.15, 0.2) is 0 Å². The Hall–Kier alpha value is -1.97. The Balaban J connectivity index is 2.57. The van der Waals surface area contributed by atoms with Crippen LogP contribution in [-0.2, 0) is 19.6 Å². The predicted molar refractivity (Wildman–Crippen MR) is 78.0 cm³/mol. The summed E-state index contributed by atoms with van der Waals surface area (Å²) < 4.78 is 22.1. The maximum atomic E-state index is 11.6. The lowest BCUT2D eigenvalue weighted by atomic mass is 10.3. The third kappa shape index (κ3) is 5.90. The highest BCUT2D eigenvalue weighted by Crippen LogP contribution is 2.12. The van der Waals surface area contributed by atoms with E-state index in [0.717, 1.165) is 0 Å². The van der Waals surface area contributed by atoms with Crippen LogP contribution in [0.2, 0.25) is 0 Å². The SMILES string of the molecule is CN(C)CCNC(=O)C(=O)Nc1ccc(S(N)(=O)=O)cc1. The molecule has 0 fully saturated rings. The van der Waals surface area contributed by atoms with E-state index in [9.17, 15) is 18.0 Å². The molecular weight excluding hydrogens is 296 g/mol. The molecule has 1 aromatic carbocycles. The van der Waals surface area contributed by atoms with E-state index in [4.69, 9.17) is 5.14 Å². The number of rotatable bonds is 5. The van der Waals surface area contributed by atoms with Gasteiger partial charge in [-0.15, -0.1) is 0 Å². The smallest absolute Gasteiger partial charge is 0.313 e. The Kier molecular flexibility index (Phi) is 5.82. The van der Waals surface area contributed by atoms with Crippen LogP contribution in [0.15, 0.2) is 29.2 Å². The fraction of sp³-hybridized carbons (Fsp3) is 0.333. The van der Waals surface area contributed by atoms with Crippen molar-refractivity contribution in [2.45, 2.75) is 4.90 Å². The van der Waals surface area contributed by atoms with Crippen molar-refractivity contribution < 1.29 is 18.0 Å². The first-order valence-electron chi connectivity index (χ1n) is 6.07. The molecule has 0 spiro atoms. The largest absolute Gasteiger partial charge is 0.347 e. The van der Waals surface area contributed by atoms with Gasteiger partial charge in [-0.3, -0.25) is 9.59 Å². The van der Waals surface area contributed by atoms with Crippen molar-refractivity contribution in [1.82, 2.24) is 10.2 Å². The van der Waals surface area contributed by atoms with Crippen molar-refractivity contribution in [2.75, 3.05) is 32.5 Å². The van der Waals surface area contributed by atoms with Gasteiger partial charge in [0.05, 0.1) is 4.90 Å². The maximum absolute atomic E-state index is 11.6. The third-order valence-electron chi connectivity index (χ3n) is 2.49. The average Bonchev–Trinajstić information content (AvgIpc) is 2.37. The molecule has 0 unspecified atom stereocenters. The van der Waals surface area contributed by atoms with E-state index in [-0.39, 0.29) is 4.90 Å². The molecule has 0 aliphatic carbocycles. The van der Waals surface area contributed by atoms with Gasteiger partial charge in [-0.1, -0.05) is 0 Å². The second-order valence-electron chi connectivity index (χ2n) is 4.58. The number of carbonyl (C=O) groups excluding carboxylic acids is 2. The number of amides is 2. The Morgan fingerprint density at radius 1 is 1.14 bits per heavy atom. The standard InChI is InChI=1S/C12H18N4O4S/c1-16(2)8-7-14-11(17)12(18)15-9-3-5-10(6-4-9)21(13,19)20/h3-6H,7-8H2,1-2H3,(H,14,17)(H,15,18)(H2,13,19,20). The number of primary sulfonamides is 1. The Morgan fingerprint density at radius 3 is 2.19 bits per heavy atom. The first-order chi connectivity index (χ1) is 9.70. The predicted octanol–water partition coefficient (Wildman–Crippen LogP) is -1.05. The van der Waals surface area contributed by atoms with E-state index in [1.54, 1.807) is 0 Å². The fourth-order valence-corrected chi connectivity index (χ4v) is 1.90. The Bertz CT molecular complexity index is 611. The van der Waals surface area contributed by atoms with Crippen LogP contribution in [0.25, 0.3) is 0 Å². The zero-order valence-corrected chi connectivity index (χ0v) is 12.6. The molecule has 0 aromatic heterocycles. The lowest BCUT2D eigenvalue weighted by Crippen LogP contribution is -2.38. The van der Waals surface area contributed by atoms with E-state index in [0.29, 0.717) is 18.8 Å². The highest BCUT2D eigenvalue weighted by atomic mass is 32.2. The van der Waals surface area contributed by atoms with Crippen LogP contribution in [0.4, 0.5) is 5.69 Å². The molecule has 0 aliphatic heterocycles. The molecule has 0 atom stereocenters.